The van der Waals surface area contributed by atoms with Gasteiger partial charge < -0.3 is 10.4 Å². The van der Waals surface area contributed by atoms with Crippen LogP contribution in [0.5, 0.6) is 5.75 Å². The van der Waals surface area contributed by atoms with Crippen molar-refractivity contribution in [3.8, 4) is 5.75 Å². The normalized spacial score (nSPS) is 20.8. The number of hydrogen-bond donors (Lipinski definition) is 2. The summed E-state index contributed by atoms with van der Waals surface area (Å²) in [5.41, 5.74) is 1.08. The van der Waals surface area contributed by atoms with Crippen molar-refractivity contribution in [2.75, 3.05) is 26.2 Å². The van der Waals surface area contributed by atoms with Crippen LogP contribution in [0.2, 0.25) is 0 Å². The smallest absolute Gasteiger partial charge is 0.122 e. The van der Waals surface area contributed by atoms with Gasteiger partial charge in [-0.1, -0.05) is 51.1 Å². The summed E-state index contributed by atoms with van der Waals surface area (Å²) in [5.74, 6) is 1.06. The SMILES string of the molecule is Cl.Cl.Oc1cc(Br)cc(Br)c1[C@H](C1CCCCC1)N1CCNCC1. The monoisotopic (exact) mass is 502 g/mol. The molecule has 1 heterocycles. The highest BCUT2D eigenvalue weighted by atomic mass is 79.9. The molecule has 0 bridgehead atoms. The first-order valence-electron chi connectivity index (χ1n) is 8.29. The molecule has 1 aromatic carbocycles. The van der Waals surface area contributed by atoms with Crippen LogP contribution < -0.4 is 5.32 Å². The molecule has 1 atom stereocenters. The predicted molar refractivity (Wildman–Crippen MR) is 112 cm³/mol. The van der Waals surface area contributed by atoms with Crippen molar-refractivity contribution >= 4 is 56.7 Å². The molecule has 3 rings (SSSR count). The maximum atomic E-state index is 10.6. The molecule has 7 heteroatoms. The Morgan fingerprint density at radius 2 is 1.67 bits per heavy atom. The lowest BCUT2D eigenvalue weighted by atomic mass is 9.80. The van der Waals surface area contributed by atoms with Gasteiger partial charge in [0.05, 0.1) is 0 Å². The van der Waals surface area contributed by atoms with E-state index in [9.17, 15) is 5.11 Å². The molecule has 2 aliphatic rings. The predicted octanol–water partition coefficient (Wildman–Crippen LogP) is 5.29. The number of halogens is 4. The number of nitrogens with zero attached hydrogens (tertiary/aromatic N) is 1. The van der Waals surface area contributed by atoms with Crippen molar-refractivity contribution in [1.82, 2.24) is 10.2 Å². The second kappa shape index (κ2) is 10.6. The van der Waals surface area contributed by atoms with Gasteiger partial charge in [0, 0.05) is 46.7 Å². The fraction of sp³-hybridized carbons (Fsp3) is 0.647. The van der Waals surface area contributed by atoms with Crippen molar-refractivity contribution < 1.29 is 5.11 Å². The molecule has 0 amide bonds. The topological polar surface area (TPSA) is 35.5 Å². The molecular formula is C17H26Br2Cl2N2O. The minimum atomic E-state index is 0. The van der Waals surface area contributed by atoms with E-state index in [0.29, 0.717) is 17.7 Å². The van der Waals surface area contributed by atoms with E-state index in [1.165, 1.54) is 32.1 Å². The fourth-order valence-corrected chi connectivity index (χ4v) is 5.43. The van der Waals surface area contributed by atoms with Crippen LogP contribution in [-0.2, 0) is 0 Å². The zero-order valence-electron chi connectivity index (χ0n) is 13.6. The maximum Gasteiger partial charge on any atom is 0.122 e. The zero-order valence-corrected chi connectivity index (χ0v) is 18.4. The van der Waals surface area contributed by atoms with Gasteiger partial charge in [0.2, 0.25) is 0 Å². The molecule has 1 aromatic rings. The Hall–Kier alpha value is 0.480. The summed E-state index contributed by atoms with van der Waals surface area (Å²) in [4.78, 5) is 2.57. The zero-order chi connectivity index (χ0) is 15.5. The van der Waals surface area contributed by atoms with Crippen LogP contribution in [0.25, 0.3) is 0 Å². The largest absolute Gasteiger partial charge is 0.508 e. The lowest BCUT2D eigenvalue weighted by molar-refractivity contribution is 0.101. The lowest BCUT2D eigenvalue weighted by Gasteiger charge is -2.41. The second-order valence-electron chi connectivity index (χ2n) is 6.45. The van der Waals surface area contributed by atoms with Gasteiger partial charge in [0.25, 0.3) is 0 Å². The minimum absolute atomic E-state index is 0. The van der Waals surface area contributed by atoms with Crippen molar-refractivity contribution in [2.45, 2.75) is 38.1 Å². The molecule has 1 aliphatic heterocycles. The van der Waals surface area contributed by atoms with E-state index in [1.54, 1.807) is 0 Å². The summed E-state index contributed by atoms with van der Waals surface area (Å²) < 4.78 is 1.94. The standard InChI is InChI=1S/C17H24Br2N2O.2ClH/c18-13-10-14(19)16(15(22)11-13)17(12-4-2-1-3-5-12)21-8-6-20-7-9-21;;/h10-12,17,20,22H,1-9H2;2*1H/t17-;;/m0../s1. The van der Waals surface area contributed by atoms with Crippen molar-refractivity contribution in [1.29, 1.82) is 0 Å². The quantitative estimate of drug-likeness (QED) is 0.587. The van der Waals surface area contributed by atoms with E-state index >= 15 is 0 Å². The third-order valence-corrected chi connectivity index (χ3v) is 6.12. The summed E-state index contributed by atoms with van der Waals surface area (Å²) in [6.07, 6.45) is 6.55. The van der Waals surface area contributed by atoms with Crippen LogP contribution in [0, 0.1) is 5.92 Å². The Balaban J connectivity index is 0.00000144. The van der Waals surface area contributed by atoms with Gasteiger partial charge in [-0.25, -0.2) is 0 Å². The molecule has 0 aromatic heterocycles. The van der Waals surface area contributed by atoms with Crippen LogP contribution >= 0.6 is 56.7 Å². The van der Waals surface area contributed by atoms with Gasteiger partial charge in [0.15, 0.2) is 0 Å². The molecular weight excluding hydrogens is 479 g/mol. The summed E-state index contributed by atoms with van der Waals surface area (Å²) in [5, 5.41) is 14.0. The summed E-state index contributed by atoms with van der Waals surface area (Å²) in [6, 6.07) is 4.22. The molecule has 2 fully saturated rings. The van der Waals surface area contributed by atoms with E-state index in [-0.39, 0.29) is 24.8 Å². The molecule has 1 saturated carbocycles. The van der Waals surface area contributed by atoms with Crippen molar-refractivity contribution in [3.05, 3.63) is 26.6 Å². The average Bonchev–Trinajstić information content (AvgIpc) is 2.52. The van der Waals surface area contributed by atoms with Gasteiger partial charge in [-0.3, -0.25) is 4.90 Å². The third-order valence-electron chi connectivity index (χ3n) is 5.01. The Morgan fingerprint density at radius 1 is 1.04 bits per heavy atom. The molecule has 2 N–H and O–H groups in total. The highest BCUT2D eigenvalue weighted by molar-refractivity contribution is 9.11. The molecule has 138 valence electrons. The van der Waals surface area contributed by atoms with Crippen LogP contribution in [0.4, 0.5) is 0 Å². The Morgan fingerprint density at radius 3 is 2.25 bits per heavy atom. The Kier molecular flexibility index (Phi) is 9.93. The molecule has 3 nitrogen and oxygen atoms in total. The van der Waals surface area contributed by atoms with E-state index in [1.807, 2.05) is 6.07 Å². The van der Waals surface area contributed by atoms with Crippen LogP contribution in [0.15, 0.2) is 21.1 Å². The van der Waals surface area contributed by atoms with E-state index in [4.69, 9.17) is 0 Å². The lowest BCUT2D eigenvalue weighted by Crippen LogP contribution is -2.47. The molecule has 0 unspecified atom stereocenters. The first-order valence-corrected chi connectivity index (χ1v) is 9.88. The first-order chi connectivity index (χ1) is 10.7. The first kappa shape index (κ1) is 22.5. The summed E-state index contributed by atoms with van der Waals surface area (Å²) >= 11 is 7.17. The number of hydrogen-bond acceptors (Lipinski definition) is 3. The second-order valence-corrected chi connectivity index (χ2v) is 8.22. The van der Waals surface area contributed by atoms with Gasteiger partial charge in [-0.05, 0) is 30.9 Å². The number of piperazine rings is 1. The van der Waals surface area contributed by atoms with Crippen molar-refractivity contribution in [3.63, 3.8) is 0 Å². The number of nitrogens with one attached hydrogen (secondary N) is 1. The molecule has 24 heavy (non-hydrogen) atoms. The van der Waals surface area contributed by atoms with E-state index in [0.717, 1.165) is 40.7 Å². The highest BCUT2D eigenvalue weighted by Gasteiger charge is 2.33. The summed E-state index contributed by atoms with van der Waals surface area (Å²) in [6.45, 7) is 4.20. The maximum absolute atomic E-state index is 10.6. The van der Waals surface area contributed by atoms with Gasteiger partial charge in [-0.15, -0.1) is 24.8 Å². The molecule has 0 radical (unpaired) electrons. The summed E-state index contributed by atoms with van der Waals surface area (Å²) in [7, 11) is 0. The third kappa shape index (κ3) is 5.24. The minimum Gasteiger partial charge on any atom is -0.508 e. The number of rotatable bonds is 3. The number of phenolic OH excluding ortho intramolecular Hbond substituents is 1. The molecule has 0 spiro atoms. The van der Waals surface area contributed by atoms with Gasteiger partial charge >= 0.3 is 0 Å². The Bertz CT molecular complexity index is 480. The average molecular weight is 505 g/mol. The van der Waals surface area contributed by atoms with Crippen LogP contribution in [-0.4, -0.2) is 36.2 Å². The van der Waals surface area contributed by atoms with E-state index in [2.05, 4.69) is 48.1 Å². The van der Waals surface area contributed by atoms with Crippen LogP contribution in [0.1, 0.15) is 43.7 Å². The van der Waals surface area contributed by atoms with Gasteiger partial charge in [-0.2, -0.15) is 0 Å². The number of aromatic hydroxyl groups is 1. The highest BCUT2D eigenvalue weighted by Crippen LogP contribution is 2.45. The number of phenols is 1. The molecule has 1 aliphatic carbocycles. The molecule has 1 saturated heterocycles. The number of benzene rings is 1. The van der Waals surface area contributed by atoms with Gasteiger partial charge in [0.1, 0.15) is 5.75 Å². The van der Waals surface area contributed by atoms with Crippen LogP contribution in [0.3, 0.4) is 0 Å². The fourth-order valence-electron chi connectivity index (χ4n) is 3.99. The Labute approximate surface area is 174 Å². The van der Waals surface area contributed by atoms with E-state index < -0.39 is 0 Å². The van der Waals surface area contributed by atoms with Crippen molar-refractivity contribution in [2.24, 2.45) is 5.92 Å².